The minimum atomic E-state index is -0.437. The van der Waals surface area contributed by atoms with Gasteiger partial charge < -0.3 is 9.72 Å². The summed E-state index contributed by atoms with van der Waals surface area (Å²) in [5.41, 5.74) is 2.60. The molecular weight excluding hydrogens is 299 g/mol. The van der Waals surface area contributed by atoms with Crippen molar-refractivity contribution in [3.05, 3.63) is 54.6 Å². The molecule has 23 heavy (non-hydrogen) atoms. The second kappa shape index (κ2) is 4.91. The van der Waals surface area contributed by atoms with Gasteiger partial charge in [0.2, 0.25) is 0 Å². The summed E-state index contributed by atoms with van der Waals surface area (Å²) < 4.78 is 14.7. The first-order valence-corrected chi connectivity index (χ1v) is 6.97. The average Bonchev–Trinajstić information content (AvgIpc) is 3.10. The number of halogens is 1. The standard InChI is InChI=1S/C16H11FN4O2/c17-11-3-1-10(2-4-11)13-9-20-8-12(5-6-14(20)19-13)21-15(22)7-18-16(21)23/h1-6,8-9H,7H2,(H,18,23). The van der Waals surface area contributed by atoms with Gasteiger partial charge in [0.25, 0.3) is 5.91 Å². The van der Waals surface area contributed by atoms with E-state index in [1.807, 2.05) is 0 Å². The van der Waals surface area contributed by atoms with Crippen molar-refractivity contribution in [1.82, 2.24) is 14.7 Å². The van der Waals surface area contributed by atoms with E-state index in [1.54, 1.807) is 41.1 Å². The maximum atomic E-state index is 13.0. The third kappa shape index (κ3) is 2.22. The second-order valence-electron chi connectivity index (χ2n) is 5.17. The van der Waals surface area contributed by atoms with Gasteiger partial charge in [0, 0.05) is 18.0 Å². The molecule has 114 valence electrons. The van der Waals surface area contributed by atoms with E-state index in [2.05, 4.69) is 10.3 Å². The third-order valence-corrected chi connectivity index (χ3v) is 3.68. The van der Waals surface area contributed by atoms with Gasteiger partial charge in [-0.2, -0.15) is 0 Å². The second-order valence-corrected chi connectivity index (χ2v) is 5.17. The number of imidazole rings is 1. The van der Waals surface area contributed by atoms with Crippen LogP contribution in [0.4, 0.5) is 14.9 Å². The Hall–Kier alpha value is -3.22. The topological polar surface area (TPSA) is 66.7 Å². The number of hydrogen-bond donors (Lipinski definition) is 1. The molecule has 7 heteroatoms. The maximum absolute atomic E-state index is 13.0. The third-order valence-electron chi connectivity index (χ3n) is 3.68. The number of rotatable bonds is 2. The number of hydrogen-bond acceptors (Lipinski definition) is 3. The van der Waals surface area contributed by atoms with E-state index in [9.17, 15) is 14.0 Å². The number of anilines is 1. The summed E-state index contributed by atoms with van der Waals surface area (Å²) in [4.78, 5) is 29.0. The Morgan fingerprint density at radius 2 is 1.83 bits per heavy atom. The normalized spacial score (nSPS) is 14.6. The Balaban J connectivity index is 1.76. The summed E-state index contributed by atoms with van der Waals surface area (Å²) in [5, 5.41) is 2.48. The van der Waals surface area contributed by atoms with Gasteiger partial charge in [-0.25, -0.2) is 19.1 Å². The molecule has 0 bridgehead atoms. The zero-order valence-electron chi connectivity index (χ0n) is 11.9. The van der Waals surface area contributed by atoms with Gasteiger partial charge in [0.15, 0.2) is 0 Å². The quantitative estimate of drug-likeness (QED) is 0.738. The van der Waals surface area contributed by atoms with Crippen LogP contribution in [0.3, 0.4) is 0 Å². The summed E-state index contributed by atoms with van der Waals surface area (Å²) in [6, 6.07) is 9.00. The molecule has 3 aromatic rings. The molecule has 1 saturated heterocycles. The van der Waals surface area contributed by atoms with E-state index in [1.165, 1.54) is 12.1 Å². The van der Waals surface area contributed by atoms with Crippen molar-refractivity contribution >= 4 is 23.3 Å². The molecule has 1 aliphatic rings. The largest absolute Gasteiger partial charge is 0.329 e. The van der Waals surface area contributed by atoms with Crippen molar-refractivity contribution in [1.29, 1.82) is 0 Å². The van der Waals surface area contributed by atoms with Gasteiger partial charge in [-0.3, -0.25) is 4.79 Å². The molecule has 0 unspecified atom stereocenters. The maximum Gasteiger partial charge on any atom is 0.329 e. The molecule has 0 aliphatic carbocycles. The molecule has 3 amide bonds. The van der Waals surface area contributed by atoms with Crippen LogP contribution in [0.5, 0.6) is 0 Å². The van der Waals surface area contributed by atoms with Gasteiger partial charge in [-0.15, -0.1) is 0 Å². The van der Waals surface area contributed by atoms with Crippen LogP contribution in [0.1, 0.15) is 0 Å². The first-order valence-electron chi connectivity index (χ1n) is 6.97. The monoisotopic (exact) mass is 310 g/mol. The lowest BCUT2D eigenvalue weighted by Crippen LogP contribution is -2.30. The summed E-state index contributed by atoms with van der Waals surface area (Å²) in [5.74, 6) is -0.605. The first-order chi connectivity index (χ1) is 11.1. The summed E-state index contributed by atoms with van der Waals surface area (Å²) in [6.07, 6.45) is 3.43. The van der Waals surface area contributed by atoms with Gasteiger partial charge in [0.05, 0.1) is 17.9 Å². The summed E-state index contributed by atoms with van der Waals surface area (Å²) in [7, 11) is 0. The molecule has 1 aromatic carbocycles. The Kier molecular flexibility index (Phi) is 2.87. The molecule has 0 spiro atoms. The predicted molar refractivity (Wildman–Crippen MR) is 81.5 cm³/mol. The van der Waals surface area contributed by atoms with Crippen LogP contribution < -0.4 is 10.2 Å². The molecule has 6 nitrogen and oxygen atoms in total. The lowest BCUT2D eigenvalue weighted by Gasteiger charge is -2.12. The van der Waals surface area contributed by atoms with Crippen LogP contribution >= 0.6 is 0 Å². The number of nitrogens with one attached hydrogen (secondary N) is 1. The minimum absolute atomic E-state index is 0.00162. The molecule has 2 aromatic heterocycles. The van der Waals surface area contributed by atoms with Crippen LogP contribution in [-0.2, 0) is 4.79 Å². The number of aromatic nitrogens is 2. The zero-order valence-corrected chi connectivity index (χ0v) is 11.9. The number of carbonyl (C=O) groups is 2. The molecule has 4 rings (SSSR count). The van der Waals surface area contributed by atoms with Crippen LogP contribution in [-0.4, -0.2) is 27.9 Å². The van der Waals surface area contributed by atoms with Crippen molar-refractivity contribution in [2.75, 3.05) is 11.4 Å². The minimum Gasteiger partial charge on any atom is -0.328 e. The number of benzene rings is 1. The summed E-state index contributed by atoms with van der Waals surface area (Å²) >= 11 is 0. The van der Waals surface area contributed by atoms with Crippen molar-refractivity contribution in [2.24, 2.45) is 0 Å². The zero-order chi connectivity index (χ0) is 16.0. The van der Waals surface area contributed by atoms with Crippen LogP contribution in [0.25, 0.3) is 16.9 Å². The Bertz CT molecular complexity index is 917. The molecule has 0 radical (unpaired) electrons. The lowest BCUT2D eigenvalue weighted by atomic mass is 10.2. The summed E-state index contributed by atoms with van der Waals surface area (Å²) in [6.45, 7) is 0.00162. The first kappa shape index (κ1) is 13.4. The number of pyridine rings is 1. The highest BCUT2D eigenvalue weighted by Crippen LogP contribution is 2.23. The van der Waals surface area contributed by atoms with E-state index in [-0.39, 0.29) is 18.3 Å². The van der Waals surface area contributed by atoms with E-state index in [0.29, 0.717) is 17.0 Å². The van der Waals surface area contributed by atoms with Crippen LogP contribution in [0, 0.1) is 5.82 Å². The molecule has 1 fully saturated rings. The fraction of sp³-hybridized carbons (Fsp3) is 0.0625. The molecule has 1 N–H and O–H groups in total. The molecule has 3 heterocycles. The SMILES string of the molecule is O=C1CNC(=O)N1c1ccc2nc(-c3ccc(F)cc3)cn2c1. The van der Waals surface area contributed by atoms with Gasteiger partial charge in [0.1, 0.15) is 11.5 Å². The fourth-order valence-electron chi connectivity index (χ4n) is 2.56. The van der Waals surface area contributed by atoms with Crippen molar-refractivity contribution in [3.63, 3.8) is 0 Å². The molecule has 1 aliphatic heterocycles. The number of imide groups is 1. The van der Waals surface area contributed by atoms with Crippen molar-refractivity contribution in [2.45, 2.75) is 0 Å². The highest BCUT2D eigenvalue weighted by molar-refractivity contribution is 6.19. The van der Waals surface area contributed by atoms with Gasteiger partial charge in [-0.05, 0) is 36.4 Å². The molecular formula is C16H11FN4O2. The van der Waals surface area contributed by atoms with Crippen LogP contribution in [0.2, 0.25) is 0 Å². The van der Waals surface area contributed by atoms with E-state index in [0.717, 1.165) is 10.5 Å². The number of nitrogens with zero attached hydrogens (tertiary/aromatic N) is 3. The molecule has 0 atom stereocenters. The van der Waals surface area contributed by atoms with Gasteiger partial charge in [-0.1, -0.05) is 0 Å². The van der Waals surface area contributed by atoms with Crippen LogP contribution in [0.15, 0.2) is 48.8 Å². The smallest absolute Gasteiger partial charge is 0.328 e. The number of amides is 3. The molecule has 0 saturated carbocycles. The van der Waals surface area contributed by atoms with E-state index < -0.39 is 6.03 Å². The highest BCUT2D eigenvalue weighted by Gasteiger charge is 2.30. The Morgan fingerprint density at radius 1 is 1.04 bits per heavy atom. The van der Waals surface area contributed by atoms with E-state index in [4.69, 9.17) is 0 Å². The number of carbonyl (C=O) groups excluding carboxylic acids is 2. The Labute approximate surface area is 130 Å². The van der Waals surface area contributed by atoms with Crippen molar-refractivity contribution in [3.8, 4) is 11.3 Å². The van der Waals surface area contributed by atoms with Gasteiger partial charge >= 0.3 is 6.03 Å². The van der Waals surface area contributed by atoms with E-state index >= 15 is 0 Å². The highest BCUT2D eigenvalue weighted by atomic mass is 19.1. The predicted octanol–water partition coefficient (Wildman–Crippen LogP) is 2.20. The number of urea groups is 1. The fourth-order valence-corrected chi connectivity index (χ4v) is 2.56. The lowest BCUT2D eigenvalue weighted by molar-refractivity contribution is -0.115. The number of fused-ring (bicyclic) bond motifs is 1. The van der Waals surface area contributed by atoms with Crippen molar-refractivity contribution < 1.29 is 14.0 Å². The Morgan fingerprint density at radius 3 is 2.52 bits per heavy atom. The average molecular weight is 310 g/mol.